The Balaban J connectivity index is 1.99. The summed E-state index contributed by atoms with van der Waals surface area (Å²) in [4.78, 5) is 1.38. The maximum Gasteiger partial charge on any atom is 0.0406 e. The summed E-state index contributed by atoms with van der Waals surface area (Å²) < 4.78 is 1.15. The van der Waals surface area contributed by atoms with Crippen LogP contribution in [-0.2, 0) is 12.8 Å². The van der Waals surface area contributed by atoms with Gasteiger partial charge in [-0.15, -0.1) is 22.9 Å². The molecule has 0 fully saturated rings. The normalized spacial score (nSPS) is 12.6. The third-order valence-corrected chi connectivity index (χ3v) is 5.18. The molecule has 0 aliphatic rings. The molecule has 0 aliphatic heterocycles. The first kappa shape index (κ1) is 14.4. The third kappa shape index (κ3) is 4.27. The zero-order chi connectivity index (χ0) is 13.0. The van der Waals surface area contributed by atoms with Gasteiger partial charge in [-0.25, -0.2) is 0 Å². The van der Waals surface area contributed by atoms with Gasteiger partial charge in [0, 0.05) is 25.6 Å². The van der Waals surface area contributed by atoms with E-state index in [1.807, 2.05) is 12.1 Å². The summed E-state index contributed by atoms with van der Waals surface area (Å²) in [5.74, 6) is 1.15. The lowest BCUT2D eigenvalue weighted by Crippen LogP contribution is -2.09. The van der Waals surface area contributed by atoms with Gasteiger partial charge < -0.3 is 0 Å². The van der Waals surface area contributed by atoms with E-state index in [2.05, 4.69) is 39.5 Å². The Hall–Kier alpha value is -0.0200. The lowest BCUT2D eigenvalue weighted by Gasteiger charge is -2.12. The molecule has 0 saturated heterocycles. The van der Waals surface area contributed by atoms with Gasteiger partial charge in [-0.05, 0) is 58.5 Å². The van der Waals surface area contributed by atoms with Crippen molar-refractivity contribution in [2.75, 3.05) is 5.88 Å². The molecule has 18 heavy (non-hydrogen) atoms. The summed E-state index contributed by atoms with van der Waals surface area (Å²) in [7, 11) is 0. The molecule has 2 aromatic rings. The van der Waals surface area contributed by atoms with E-state index in [4.69, 9.17) is 23.2 Å². The summed E-state index contributed by atoms with van der Waals surface area (Å²) in [6.07, 6.45) is 2.03. The molecule has 0 spiro atoms. The number of hydrogen-bond acceptors (Lipinski definition) is 1. The number of thiophene rings is 1. The van der Waals surface area contributed by atoms with Crippen molar-refractivity contribution in [3.8, 4) is 0 Å². The Kier molecular flexibility index (Phi) is 5.56. The summed E-state index contributed by atoms with van der Waals surface area (Å²) in [5, 5.41) is 2.89. The van der Waals surface area contributed by atoms with Gasteiger partial charge in [0.15, 0.2) is 0 Å². The second-order valence-corrected chi connectivity index (χ2v) is 6.94. The lowest BCUT2D eigenvalue weighted by molar-refractivity contribution is 0.589. The molecular weight excluding hydrogens is 351 g/mol. The molecule has 2 rings (SSSR count). The lowest BCUT2D eigenvalue weighted by atomic mass is 9.97. The highest BCUT2D eigenvalue weighted by Crippen LogP contribution is 2.24. The van der Waals surface area contributed by atoms with E-state index in [9.17, 15) is 0 Å². The van der Waals surface area contributed by atoms with Gasteiger partial charge >= 0.3 is 0 Å². The SMILES string of the molecule is ClCC(Cc1ccc(Cl)cc1)Cc1cc(Br)cs1. The number of halogens is 3. The minimum atomic E-state index is 0.471. The van der Waals surface area contributed by atoms with Crippen molar-refractivity contribution in [3.63, 3.8) is 0 Å². The van der Waals surface area contributed by atoms with Crippen molar-refractivity contribution in [1.82, 2.24) is 0 Å². The number of rotatable bonds is 5. The molecule has 0 saturated carbocycles. The monoisotopic (exact) mass is 362 g/mol. The van der Waals surface area contributed by atoms with E-state index >= 15 is 0 Å². The quantitative estimate of drug-likeness (QED) is 0.588. The van der Waals surface area contributed by atoms with Crippen LogP contribution in [0.2, 0.25) is 5.02 Å². The molecule has 1 unspecified atom stereocenters. The van der Waals surface area contributed by atoms with Gasteiger partial charge in [-0.2, -0.15) is 0 Å². The zero-order valence-electron chi connectivity index (χ0n) is 9.70. The van der Waals surface area contributed by atoms with Gasteiger partial charge in [0.05, 0.1) is 0 Å². The summed E-state index contributed by atoms with van der Waals surface area (Å²) in [5.41, 5.74) is 1.29. The molecule has 1 atom stereocenters. The van der Waals surface area contributed by atoms with Crippen molar-refractivity contribution in [1.29, 1.82) is 0 Å². The first-order valence-corrected chi connectivity index (χ1v) is 8.29. The van der Waals surface area contributed by atoms with Crippen molar-refractivity contribution < 1.29 is 0 Å². The molecule has 0 aliphatic carbocycles. The average Bonchev–Trinajstić information content (AvgIpc) is 2.77. The highest BCUT2D eigenvalue weighted by atomic mass is 79.9. The minimum absolute atomic E-state index is 0.471. The summed E-state index contributed by atoms with van der Waals surface area (Å²) in [6.45, 7) is 0. The summed E-state index contributed by atoms with van der Waals surface area (Å²) in [6, 6.07) is 10.2. The largest absolute Gasteiger partial charge is 0.148 e. The van der Waals surface area contributed by atoms with Crippen LogP contribution >= 0.6 is 50.5 Å². The zero-order valence-corrected chi connectivity index (χ0v) is 13.6. The van der Waals surface area contributed by atoms with Gasteiger partial charge in [-0.3, -0.25) is 0 Å². The van der Waals surface area contributed by atoms with E-state index < -0.39 is 0 Å². The van der Waals surface area contributed by atoms with Crippen LogP contribution in [0.1, 0.15) is 10.4 Å². The van der Waals surface area contributed by atoms with E-state index in [0.29, 0.717) is 11.8 Å². The van der Waals surface area contributed by atoms with Gasteiger partial charge in [0.25, 0.3) is 0 Å². The van der Waals surface area contributed by atoms with Crippen LogP contribution in [0.4, 0.5) is 0 Å². The maximum absolute atomic E-state index is 6.07. The van der Waals surface area contributed by atoms with Crippen LogP contribution < -0.4 is 0 Å². The third-order valence-electron chi connectivity index (χ3n) is 2.77. The topological polar surface area (TPSA) is 0 Å². The Morgan fingerprint density at radius 2 is 1.89 bits per heavy atom. The Bertz CT molecular complexity index is 493. The second-order valence-electron chi connectivity index (χ2n) is 4.29. The molecule has 0 nitrogen and oxygen atoms in total. The van der Waals surface area contributed by atoms with Crippen LogP contribution in [-0.4, -0.2) is 5.88 Å². The van der Waals surface area contributed by atoms with Crippen LogP contribution in [0.5, 0.6) is 0 Å². The molecule has 1 aromatic heterocycles. The fourth-order valence-corrected chi connectivity index (χ4v) is 3.79. The highest BCUT2D eigenvalue weighted by molar-refractivity contribution is 9.10. The standard InChI is InChI=1S/C14H13BrCl2S/c15-12-7-14(18-9-12)6-11(8-16)5-10-1-3-13(17)4-2-10/h1-4,7,9,11H,5-6,8H2. The Morgan fingerprint density at radius 3 is 2.44 bits per heavy atom. The molecule has 1 aromatic carbocycles. The smallest absolute Gasteiger partial charge is 0.0406 e. The fraction of sp³-hybridized carbons (Fsp3) is 0.286. The van der Waals surface area contributed by atoms with Crippen molar-refractivity contribution in [2.24, 2.45) is 5.92 Å². The molecule has 4 heteroatoms. The first-order valence-electron chi connectivity index (χ1n) is 5.70. The Labute approximate surface area is 130 Å². The van der Waals surface area contributed by atoms with E-state index in [0.717, 1.165) is 22.3 Å². The van der Waals surface area contributed by atoms with E-state index in [1.54, 1.807) is 11.3 Å². The van der Waals surface area contributed by atoms with Gasteiger partial charge in [0.2, 0.25) is 0 Å². The van der Waals surface area contributed by atoms with Crippen molar-refractivity contribution in [3.05, 3.63) is 55.6 Å². The van der Waals surface area contributed by atoms with Crippen molar-refractivity contribution in [2.45, 2.75) is 12.8 Å². The fourth-order valence-electron chi connectivity index (χ4n) is 1.88. The molecule has 0 amide bonds. The highest BCUT2D eigenvalue weighted by Gasteiger charge is 2.11. The molecular formula is C14H13BrCl2S. The van der Waals surface area contributed by atoms with Crippen molar-refractivity contribution >= 4 is 50.5 Å². The summed E-state index contributed by atoms with van der Waals surface area (Å²) >= 11 is 17.2. The number of hydrogen-bond donors (Lipinski definition) is 0. The van der Waals surface area contributed by atoms with Crippen LogP contribution in [0, 0.1) is 5.92 Å². The van der Waals surface area contributed by atoms with Gasteiger partial charge in [0.1, 0.15) is 0 Å². The van der Waals surface area contributed by atoms with E-state index in [-0.39, 0.29) is 0 Å². The second kappa shape index (κ2) is 6.95. The first-order chi connectivity index (χ1) is 8.67. The maximum atomic E-state index is 6.07. The molecule has 0 radical (unpaired) electrons. The molecule has 96 valence electrons. The predicted octanol–water partition coefficient (Wildman–Crippen LogP) is 5.80. The molecule has 1 heterocycles. The number of benzene rings is 1. The predicted molar refractivity (Wildman–Crippen MR) is 85.1 cm³/mol. The van der Waals surface area contributed by atoms with Crippen LogP contribution in [0.3, 0.4) is 0 Å². The number of alkyl halides is 1. The van der Waals surface area contributed by atoms with Crippen LogP contribution in [0.15, 0.2) is 40.2 Å². The van der Waals surface area contributed by atoms with Gasteiger partial charge in [-0.1, -0.05) is 23.7 Å². The average molecular weight is 364 g/mol. The Morgan fingerprint density at radius 1 is 1.17 bits per heavy atom. The van der Waals surface area contributed by atoms with E-state index in [1.165, 1.54) is 10.4 Å². The molecule has 0 bridgehead atoms. The van der Waals surface area contributed by atoms with Crippen LogP contribution in [0.25, 0.3) is 0 Å². The minimum Gasteiger partial charge on any atom is -0.148 e. The molecule has 0 N–H and O–H groups in total.